The van der Waals surface area contributed by atoms with E-state index in [1.54, 1.807) is 18.2 Å². The van der Waals surface area contributed by atoms with Gasteiger partial charge in [0.1, 0.15) is 0 Å². The first-order valence-corrected chi connectivity index (χ1v) is 7.75. The fourth-order valence-electron chi connectivity index (χ4n) is 1.54. The third kappa shape index (κ3) is 4.27. The van der Waals surface area contributed by atoms with Gasteiger partial charge in [0.25, 0.3) is 15.9 Å². The number of hydrogen-bond acceptors (Lipinski definition) is 7. The van der Waals surface area contributed by atoms with Crippen molar-refractivity contribution in [1.82, 2.24) is 9.71 Å². The van der Waals surface area contributed by atoms with Crippen LogP contribution < -0.4 is 9.46 Å². The first kappa shape index (κ1) is 16.4. The zero-order valence-electron chi connectivity index (χ0n) is 11.9. The number of carbonyl (C=O) groups is 2. The van der Waals surface area contributed by atoms with Crippen molar-refractivity contribution in [3.05, 3.63) is 54.2 Å². The molecule has 0 unspecified atom stereocenters. The number of aromatic nitrogens is 1. The standard InChI is InChI=1S/C14H12N2O6S/c1-21-14(18)22-12-8-7-10(9-15-12)13(17)16-23(19,20)11-5-3-2-4-6-11/h2-9H,1H3,(H,16,17). The van der Waals surface area contributed by atoms with Crippen molar-refractivity contribution in [2.75, 3.05) is 7.11 Å². The molecule has 8 nitrogen and oxygen atoms in total. The number of benzene rings is 1. The Morgan fingerprint density at radius 2 is 1.78 bits per heavy atom. The summed E-state index contributed by atoms with van der Waals surface area (Å²) in [6.07, 6.45) is 0.120. The Labute approximate surface area is 132 Å². The molecule has 0 aliphatic rings. The highest BCUT2D eigenvalue weighted by molar-refractivity contribution is 7.90. The molecule has 0 spiro atoms. The molecule has 120 valence electrons. The van der Waals surface area contributed by atoms with Crippen molar-refractivity contribution in [3.8, 4) is 5.88 Å². The number of hydrogen-bond donors (Lipinski definition) is 1. The van der Waals surface area contributed by atoms with E-state index in [1.165, 1.54) is 24.3 Å². The first-order chi connectivity index (χ1) is 10.9. The van der Waals surface area contributed by atoms with E-state index in [2.05, 4.69) is 14.5 Å². The van der Waals surface area contributed by atoms with Crippen molar-refractivity contribution < 1.29 is 27.5 Å². The van der Waals surface area contributed by atoms with Crippen LogP contribution in [-0.4, -0.2) is 32.6 Å². The van der Waals surface area contributed by atoms with Crippen molar-refractivity contribution in [1.29, 1.82) is 0 Å². The summed E-state index contributed by atoms with van der Waals surface area (Å²) < 4.78 is 34.9. The lowest BCUT2D eigenvalue weighted by Gasteiger charge is -2.07. The van der Waals surface area contributed by atoms with Crippen LogP contribution in [0.2, 0.25) is 0 Å². The molecule has 23 heavy (non-hydrogen) atoms. The molecule has 1 N–H and O–H groups in total. The summed E-state index contributed by atoms with van der Waals surface area (Å²) in [5, 5.41) is 0. The molecule has 1 heterocycles. The van der Waals surface area contributed by atoms with E-state index in [9.17, 15) is 18.0 Å². The summed E-state index contributed by atoms with van der Waals surface area (Å²) in [6, 6.07) is 9.97. The second kappa shape index (κ2) is 6.88. The Kier molecular flexibility index (Phi) is 4.91. The van der Waals surface area contributed by atoms with Gasteiger partial charge in [-0.15, -0.1) is 0 Å². The van der Waals surface area contributed by atoms with Gasteiger partial charge in [0, 0.05) is 12.3 Å². The summed E-state index contributed by atoms with van der Waals surface area (Å²) >= 11 is 0. The van der Waals surface area contributed by atoms with Gasteiger partial charge in [0.15, 0.2) is 0 Å². The number of pyridine rings is 1. The van der Waals surface area contributed by atoms with Crippen LogP contribution in [0.1, 0.15) is 10.4 Å². The van der Waals surface area contributed by atoms with Gasteiger partial charge < -0.3 is 9.47 Å². The topological polar surface area (TPSA) is 112 Å². The zero-order chi connectivity index (χ0) is 16.9. The van der Waals surface area contributed by atoms with Gasteiger partial charge in [-0.05, 0) is 18.2 Å². The number of carbonyl (C=O) groups excluding carboxylic acids is 2. The Morgan fingerprint density at radius 1 is 1.09 bits per heavy atom. The van der Waals surface area contributed by atoms with Gasteiger partial charge in [-0.3, -0.25) is 4.79 Å². The van der Waals surface area contributed by atoms with Crippen molar-refractivity contribution in [3.63, 3.8) is 0 Å². The SMILES string of the molecule is COC(=O)Oc1ccc(C(=O)NS(=O)(=O)c2ccccc2)cn1. The molecule has 1 aromatic carbocycles. The number of ether oxygens (including phenoxy) is 2. The van der Waals surface area contributed by atoms with Crippen LogP contribution in [0, 0.1) is 0 Å². The molecular weight excluding hydrogens is 324 g/mol. The molecule has 0 radical (unpaired) electrons. The molecule has 0 bridgehead atoms. The van der Waals surface area contributed by atoms with Crippen molar-refractivity contribution in [2.45, 2.75) is 4.90 Å². The van der Waals surface area contributed by atoms with E-state index in [0.29, 0.717) is 0 Å². The van der Waals surface area contributed by atoms with E-state index in [1.807, 2.05) is 4.72 Å². The maximum atomic E-state index is 12.0. The lowest BCUT2D eigenvalue weighted by Crippen LogP contribution is -2.30. The van der Waals surface area contributed by atoms with Crippen LogP contribution in [0.4, 0.5) is 4.79 Å². The van der Waals surface area contributed by atoms with Crippen molar-refractivity contribution >= 4 is 22.1 Å². The van der Waals surface area contributed by atoms with Crippen LogP contribution in [-0.2, 0) is 14.8 Å². The third-order valence-corrected chi connectivity index (χ3v) is 3.98. The normalized spacial score (nSPS) is 10.7. The highest BCUT2D eigenvalue weighted by atomic mass is 32.2. The molecule has 0 saturated heterocycles. The summed E-state index contributed by atoms with van der Waals surface area (Å²) in [4.78, 5) is 26.5. The monoisotopic (exact) mass is 336 g/mol. The van der Waals surface area contributed by atoms with E-state index in [-0.39, 0.29) is 16.3 Å². The maximum absolute atomic E-state index is 12.0. The quantitative estimate of drug-likeness (QED) is 0.839. The minimum Gasteiger partial charge on any atom is -0.437 e. The molecule has 0 aliphatic carbocycles. The van der Waals surface area contributed by atoms with E-state index in [4.69, 9.17) is 0 Å². The second-order valence-corrected chi connectivity index (χ2v) is 5.87. The number of rotatable bonds is 4. The fourth-order valence-corrected chi connectivity index (χ4v) is 2.54. The molecule has 2 rings (SSSR count). The van der Waals surface area contributed by atoms with Crippen LogP contribution >= 0.6 is 0 Å². The Morgan fingerprint density at radius 3 is 2.35 bits per heavy atom. The molecular formula is C14H12N2O6S. The highest BCUT2D eigenvalue weighted by Gasteiger charge is 2.18. The minimum atomic E-state index is -3.97. The second-order valence-electron chi connectivity index (χ2n) is 4.19. The van der Waals surface area contributed by atoms with Gasteiger partial charge in [0.05, 0.1) is 17.6 Å². The van der Waals surface area contributed by atoms with Gasteiger partial charge in [-0.25, -0.2) is 22.9 Å². The predicted octanol–water partition coefficient (Wildman–Crippen LogP) is 1.35. The molecule has 0 aliphatic heterocycles. The smallest absolute Gasteiger partial charge is 0.437 e. The van der Waals surface area contributed by atoms with Crippen LogP contribution in [0.5, 0.6) is 5.88 Å². The van der Waals surface area contributed by atoms with E-state index < -0.39 is 22.1 Å². The Hall–Kier alpha value is -2.94. The number of amides is 1. The molecule has 1 amide bonds. The average Bonchev–Trinajstić information content (AvgIpc) is 2.55. The van der Waals surface area contributed by atoms with Gasteiger partial charge in [0.2, 0.25) is 5.88 Å². The number of nitrogens with one attached hydrogen (secondary N) is 1. The van der Waals surface area contributed by atoms with Crippen LogP contribution in [0.3, 0.4) is 0 Å². The first-order valence-electron chi connectivity index (χ1n) is 6.26. The van der Waals surface area contributed by atoms with Gasteiger partial charge >= 0.3 is 6.16 Å². The largest absolute Gasteiger partial charge is 0.514 e. The predicted molar refractivity (Wildman–Crippen MR) is 78.4 cm³/mol. The summed E-state index contributed by atoms with van der Waals surface area (Å²) in [5.74, 6) is -0.940. The summed E-state index contributed by atoms with van der Waals surface area (Å²) in [6.45, 7) is 0. The number of sulfonamides is 1. The molecule has 0 saturated carbocycles. The highest BCUT2D eigenvalue weighted by Crippen LogP contribution is 2.11. The Balaban J connectivity index is 2.11. The molecule has 2 aromatic rings. The van der Waals surface area contributed by atoms with Crippen molar-refractivity contribution in [2.24, 2.45) is 0 Å². The molecule has 0 fully saturated rings. The lowest BCUT2D eigenvalue weighted by atomic mass is 10.3. The minimum absolute atomic E-state index is 0.0123. The third-order valence-electron chi connectivity index (χ3n) is 2.63. The maximum Gasteiger partial charge on any atom is 0.514 e. The van der Waals surface area contributed by atoms with Crippen LogP contribution in [0.25, 0.3) is 0 Å². The van der Waals surface area contributed by atoms with Gasteiger partial charge in [-0.2, -0.15) is 0 Å². The summed E-state index contributed by atoms with van der Waals surface area (Å²) in [7, 11) is -2.84. The fraction of sp³-hybridized carbons (Fsp3) is 0.0714. The van der Waals surface area contributed by atoms with E-state index >= 15 is 0 Å². The van der Waals surface area contributed by atoms with E-state index in [0.717, 1.165) is 13.3 Å². The zero-order valence-corrected chi connectivity index (χ0v) is 12.7. The Bertz CT molecular complexity index is 803. The van der Waals surface area contributed by atoms with Gasteiger partial charge in [-0.1, -0.05) is 18.2 Å². The number of nitrogens with zero attached hydrogens (tertiary/aromatic N) is 1. The molecule has 9 heteroatoms. The molecule has 1 aromatic heterocycles. The lowest BCUT2D eigenvalue weighted by molar-refractivity contribution is 0.0981. The number of methoxy groups -OCH3 is 1. The average molecular weight is 336 g/mol. The molecule has 0 atom stereocenters. The summed E-state index contributed by atoms with van der Waals surface area (Å²) in [5.41, 5.74) is -0.0123. The van der Waals surface area contributed by atoms with Crippen LogP contribution in [0.15, 0.2) is 53.6 Å².